The Hall–Kier alpha value is -1.32. The zero-order chi connectivity index (χ0) is 16.8. The molecule has 0 saturated carbocycles. The monoisotopic (exact) mass is 334 g/mol. The number of methoxy groups -OCH3 is 1. The maximum absolute atomic E-state index is 5.80. The summed E-state index contributed by atoms with van der Waals surface area (Å²) in [5, 5.41) is 0. The summed E-state index contributed by atoms with van der Waals surface area (Å²) < 4.78 is 22.3. The van der Waals surface area contributed by atoms with Gasteiger partial charge < -0.3 is 28.7 Å². The highest BCUT2D eigenvalue weighted by Gasteiger charge is 2.30. The zero-order valence-corrected chi connectivity index (χ0v) is 13.9. The Bertz CT molecular complexity index is 344. The number of ether oxygens (including phenoxy) is 4. The summed E-state index contributed by atoms with van der Waals surface area (Å²) >= 11 is 0. The van der Waals surface area contributed by atoms with Crippen molar-refractivity contribution < 1.29 is 38.5 Å². The van der Waals surface area contributed by atoms with Crippen LogP contribution in [0.2, 0.25) is 0 Å². The quantitative estimate of drug-likeness (QED) is 0.245. The fraction of sp³-hybridized carbons (Fsp3) is 0.733. The van der Waals surface area contributed by atoms with Crippen LogP contribution in [-0.4, -0.2) is 59.0 Å². The molecule has 0 radical (unpaired) electrons. The minimum absolute atomic E-state index is 0.269. The van der Waals surface area contributed by atoms with Gasteiger partial charge in [0.05, 0.1) is 26.9 Å². The van der Waals surface area contributed by atoms with Crippen molar-refractivity contribution in [2.45, 2.75) is 26.1 Å². The van der Waals surface area contributed by atoms with Gasteiger partial charge in [-0.1, -0.05) is 0 Å². The minimum atomic E-state index is -0.466. The van der Waals surface area contributed by atoms with E-state index in [-0.39, 0.29) is 12.7 Å². The molecular formula is C15H26O8. The van der Waals surface area contributed by atoms with E-state index in [2.05, 4.69) is 0 Å². The first-order valence-corrected chi connectivity index (χ1v) is 7.56. The van der Waals surface area contributed by atoms with Crippen molar-refractivity contribution >= 4 is 0 Å². The maximum Gasteiger partial charge on any atom is 0.170 e. The average Bonchev–Trinajstić information content (AvgIpc) is 2.54. The Balaban J connectivity index is 2.56. The van der Waals surface area contributed by atoms with Crippen LogP contribution in [0.3, 0.4) is 0 Å². The number of hydrogen-bond donors (Lipinski definition) is 0. The molecule has 1 aliphatic heterocycles. The Kier molecular flexibility index (Phi) is 11.3. The third-order valence-electron chi connectivity index (χ3n) is 2.79. The highest BCUT2D eigenvalue weighted by atomic mass is 17.2. The first kappa shape index (κ1) is 19.7. The van der Waals surface area contributed by atoms with Crippen molar-refractivity contribution in [3.05, 3.63) is 24.4 Å². The molecule has 1 rings (SSSR count). The number of allylic oxidation sites excluding steroid dienone is 1. The van der Waals surface area contributed by atoms with Gasteiger partial charge in [-0.05, 0) is 19.9 Å². The van der Waals surface area contributed by atoms with E-state index in [4.69, 9.17) is 38.5 Å². The van der Waals surface area contributed by atoms with E-state index in [1.807, 2.05) is 13.8 Å². The van der Waals surface area contributed by atoms with Gasteiger partial charge in [0.2, 0.25) is 0 Å². The molecule has 1 aliphatic rings. The molecule has 0 aliphatic carbocycles. The van der Waals surface area contributed by atoms with Crippen LogP contribution in [0.25, 0.3) is 0 Å². The van der Waals surface area contributed by atoms with Gasteiger partial charge in [0.1, 0.15) is 31.7 Å². The van der Waals surface area contributed by atoms with Crippen molar-refractivity contribution in [2.75, 3.05) is 46.8 Å². The van der Waals surface area contributed by atoms with E-state index in [1.165, 1.54) is 19.6 Å². The number of rotatable bonds is 11. The van der Waals surface area contributed by atoms with Crippen molar-refractivity contribution in [1.29, 1.82) is 0 Å². The lowest BCUT2D eigenvalue weighted by atomic mass is 10.1. The second-order valence-corrected chi connectivity index (χ2v) is 4.39. The summed E-state index contributed by atoms with van der Waals surface area (Å²) in [4.78, 5) is 19.5. The topological polar surface area (TPSA) is 73.8 Å². The molecule has 0 fully saturated rings. The van der Waals surface area contributed by atoms with Crippen molar-refractivity contribution in [1.82, 2.24) is 0 Å². The lowest BCUT2D eigenvalue weighted by molar-refractivity contribution is -0.272. The normalized spacial score (nSPS) is 20.3. The molecule has 2 unspecified atom stereocenters. The van der Waals surface area contributed by atoms with E-state index in [9.17, 15) is 0 Å². The van der Waals surface area contributed by atoms with Gasteiger partial charge in [0, 0.05) is 6.61 Å². The first-order valence-electron chi connectivity index (χ1n) is 7.56. The van der Waals surface area contributed by atoms with E-state index in [0.29, 0.717) is 38.8 Å². The van der Waals surface area contributed by atoms with E-state index >= 15 is 0 Å². The minimum Gasteiger partial charge on any atom is -0.495 e. The Morgan fingerprint density at radius 3 is 2.96 bits per heavy atom. The highest BCUT2D eigenvalue weighted by molar-refractivity contribution is 5.01. The van der Waals surface area contributed by atoms with Gasteiger partial charge in [-0.25, -0.2) is 0 Å². The van der Waals surface area contributed by atoms with Gasteiger partial charge in [-0.15, -0.1) is 0 Å². The molecular weight excluding hydrogens is 308 g/mol. The molecule has 0 amide bonds. The summed E-state index contributed by atoms with van der Waals surface area (Å²) in [5.74, 6) is 0.459. The van der Waals surface area contributed by atoms with Gasteiger partial charge in [0.25, 0.3) is 0 Å². The molecule has 134 valence electrons. The standard InChI is InChI=1S/C15H26O8/c1-4-6-20-21-9-7-18-14(11-17-5-2)15-13(16-3)12-23-22-10-8-19-15/h4,6,12,14-15H,5,7-11H2,1-3H3/b6-4-,13-12?. The van der Waals surface area contributed by atoms with E-state index < -0.39 is 6.10 Å². The third-order valence-corrected chi connectivity index (χ3v) is 2.79. The third kappa shape index (κ3) is 8.19. The highest BCUT2D eigenvalue weighted by Crippen LogP contribution is 2.18. The molecule has 0 saturated heterocycles. The van der Waals surface area contributed by atoms with Gasteiger partial charge in [-0.3, -0.25) is 0 Å². The molecule has 8 heteroatoms. The molecule has 0 aromatic carbocycles. The van der Waals surface area contributed by atoms with E-state index in [0.717, 1.165) is 0 Å². The molecule has 8 nitrogen and oxygen atoms in total. The SMILES string of the molecule is C/C=C\OOCCOC(COCC)C1OCCOOC=C1OC. The van der Waals surface area contributed by atoms with Crippen LogP contribution in [-0.2, 0) is 38.5 Å². The lowest BCUT2D eigenvalue weighted by Crippen LogP contribution is -2.39. The second kappa shape index (κ2) is 13.1. The van der Waals surface area contributed by atoms with Gasteiger partial charge in [0.15, 0.2) is 12.0 Å². The van der Waals surface area contributed by atoms with Crippen LogP contribution >= 0.6 is 0 Å². The largest absolute Gasteiger partial charge is 0.495 e. The molecule has 1 heterocycles. The maximum atomic E-state index is 5.80. The van der Waals surface area contributed by atoms with Gasteiger partial charge >= 0.3 is 0 Å². The molecule has 0 bridgehead atoms. The molecule has 0 spiro atoms. The summed E-state index contributed by atoms with van der Waals surface area (Å²) in [6, 6.07) is 0. The fourth-order valence-electron chi connectivity index (χ4n) is 1.78. The Morgan fingerprint density at radius 1 is 1.35 bits per heavy atom. The molecule has 0 aromatic rings. The van der Waals surface area contributed by atoms with Crippen LogP contribution < -0.4 is 0 Å². The first-order chi connectivity index (χ1) is 11.3. The lowest BCUT2D eigenvalue weighted by Gasteiger charge is -2.29. The second-order valence-electron chi connectivity index (χ2n) is 4.39. The van der Waals surface area contributed by atoms with Crippen molar-refractivity contribution in [3.8, 4) is 0 Å². The fourth-order valence-corrected chi connectivity index (χ4v) is 1.78. The van der Waals surface area contributed by atoms with Gasteiger partial charge in [-0.2, -0.15) is 9.78 Å². The Labute approximate surface area is 136 Å². The predicted molar refractivity (Wildman–Crippen MR) is 80.0 cm³/mol. The predicted octanol–water partition coefficient (Wildman–Crippen LogP) is 1.72. The molecule has 23 heavy (non-hydrogen) atoms. The van der Waals surface area contributed by atoms with Crippen LogP contribution in [0.15, 0.2) is 24.4 Å². The summed E-state index contributed by atoms with van der Waals surface area (Å²) in [6.45, 7) is 5.89. The zero-order valence-electron chi connectivity index (χ0n) is 13.9. The van der Waals surface area contributed by atoms with Crippen LogP contribution in [0.1, 0.15) is 13.8 Å². The van der Waals surface area contributed by atoms with E-state index in [1.54, 1.807) is 6.08 Å². The molecule has 2 atom stereocenters. The van der Waals surface area contributed by atoms with Crippen LogP contribution in [0.5, 0.6) is 0 Å². The van der Waals surface area contributed by atoms with Crippen molar-refractivity contribution in [2.24, 2.45) is 0 Å². The summed E-state index contributed by atoms with van der Waals surface area (Å²) in [7, 11) is 1.53. The molecule has 0 aromatic heterocycles. The summed E-state index contributed by atoms with van der Waals surface area (Å²) in [6.07, 6.45) is 3.68. The van der Waals surface area contributed by atoms with Crippen LogP contribution in [0.4, 0.5) is 0 Å². The average molecular weight is 334 g/mol. The smallest absolute Gasteiger partial charge is 0.170 e. The van der Waals surface area contributed by atoms with Crippen molar-refractivity contribution in [3.63, 3.8) is 0 Å². The Morgan fingerprint density at radius 2 is 2.22 bits per heavy atom. The molecule has 0 N–H and O–H groups in total. The number of hydrogen-bond acceptors (Lipinski definition) is 8. The summed E-state index contributed by atoms with van der Waals surface area (Å²) in [5.41, 5.74) is 0. The van der Waals surface area contributed by atoms with Crippen LogP contribution in [0, 0.1) is 0 Å².